The van der Waals surface area contributed by atoms with Crippen molar-refractivity contribution in [3.05, 3.63) is 0 Å². The van der Waals surface area contributed by atoms with Gasteiger partial charge in [0.25, 0.3) is 0 Å². The van der Waals surface area contributed by atoms with Crippen molar-refractivity contribution in [1.82, 2.24) is 16.2 Å². The first-order chi connectivity index (χ1) is 11.6. The molecule has 0 spiro atoms. The minimum absolute atomic E-state index is 0.0206. The van der Waals surface area contributed by atoms with Crippen molar-refractivity contribution in [2.24, 2.45) is 23.7 Å². The number of nitrogens with one attached hydrogen (secondary N) is 3. The highest BCUT2D eigenvalue weighted by Crippen LogP contribution is 2.43. The standard InChI is InChI=1S/C18H29N3O3/c22-16-8-11-4-2-1-3-10(11)7-14(16)17(23)19-12-5-6-13-15(9-12)20-21-18(13)24/h10-16,20,22H,1-9H2,(H,19,23)(H,21,24). The monoisotopic (exact) mass is 335 g/mol. The summed E-state index contributed by atoms with van der Waals surface area (Å²) in [6, 6.07) is 0.228. The van der Waals surface area contributed by atoms with Gasteiger partial charge in [-0.05, 0) is 43.9 Å². The fourth-order valence-electron chi connectivity index (χ4n) is 5.48. The third-order valence-electron chi connectivity index (χ3n) is 6.88. The molecule has 7 atom stereocenters. The minimum Gasteiger partial charge on any atom is -0.392 e. The zero-order chi connectivity index (χ0) is 16.7. The Balaban J connectivity index is 1.33. The van der Waals surface area contributed by atoms with Crippen LogP contribution >= 0.6 is 0 Å². The van der Waals surface area contributed by atoms with E-state index >= 15 is 0 Å². The van der Waals surface area contributed by atoms with Crippen molar-refractivity contribution >= 4 is 11.8 Å². The van der Waals surface area contributed by atoms with Crippen LogP contribution in [0.5, 0.6) is 0 Å². The Kier molecular flexibility index (Phi) is 4.52. The maximum Gasteiger partial charge on any atom is 0.238 e. The third-order valence-corrected chi connectivity index (χ3v) is 6.88. The summed E-state index contributed by atoms with van der Waals surface area (Å²) in [5.74, 6) is 1.13. The van der Waals surface area contributed by atoms with E-state index in [-0.39, 0.29) is 35.7 Å². The van der Waals surface area contributed by atoms with Crippen LogP contribution in [0.3, 0.4) is 0 Å². The Morgan fingerprint density at radius 1 is 1.04 bits per heavy atom. The van der Waals surface area contributed by atoms with Gasteiger partial charge in [0, 0.05) is 12.1 Å². The first-order valence-corrected chi connectivity index (χ1v) is 9.65. The Morgan fingerprint density at radius 3 is 2.58 bits per heavy atom. The second kappa shape index (κ2) is 6.64. The van der Waals surface area contributed by atoms with Crippen molar-refractivity contribution in [2.75, 3.05) is 0 Å². The molecule has 4 fully saturated rings. The van der Waals surface area contributed by atoms with E-state index in [9.17, 15) is 14.7 Å². The topological polar surface area (TPSA) is 90.5 Å². The Bertz CT molecular complexity index is 512. The van der Waals surface area contributed by atoms with Gasteiger partial charge in [0.05, 0.1) is 17.9 Å². The highest BCUT2D eigenvalue weighted by atomic mass is 16.3. The molecule has 6 nitrogen and oxygen atoms in total. The van der Waals surface area contributed by atoms with Gasteiger partial charge in [0.1, 0.15) is 0 Å². The summed E-state index contributed by atoms with van der Waals surface area (Å²) in [7, 11) is 0. The Hall–Kier alpha value is -1.14. The van der Waals surface area contributed by atoms with E-state index in [2.05, 4.69) is 16.2 Å². The lowest BCUT2D eigenvalue weighted by atomic mass is 9.66. The van der Waals surface area contributed by atoms with E-state index in [1.165, 1.54) is 25.7 Å². The molecule has 3 aliphatic carbocycles. The molecule has 7 unspecified atom stereocenters. The molecule has 4 N–H and O–H groups in total. The molecule has 0 aromatic heterocycles. The van der Waals surface area contributed by atoms with Crippen LogP contribution in [0.25, 0.3) is 0 Å². The molecule has 0 aromatic carbocycles. The molecule has 4 rings (SSSR count). The van der Waals surface area contributed by atoms with Gasteiger partial charge in [0.2, 0.25) is 11.8 Å². The lowest BCUT2D eigenvalue weighted by molar-refractivity contribution is -0.134. The normalized spacial score (nSPS) is 45.0. The molecule has 0 radical (unpaired) electrons. The second-order valence-corrected chi connectivity index (χ2v) is 8.32. The summed E-state index contributed by atoms with van der Waals surface area (Å²) in [4.78, 5) is 24.4. The average Bonchev–Trinajstić information content (AvgIpc) is 2.94. The van der Waals surface area contributed by atoms with Crippen LogP contribution in [0.1, 0.15) is 57.8 Å². The van der Waals surface area contributed by atoms with Gasteiger partial charge in [-0.25, -0.2) is 5.43 Å². The first-order valence-electron chi connectivity index (χ1n) is 9.65. The molecule has 6 heteroatoms. The van der Waals surface area contributed by atoms with Crippen LogP contribution in [0.4, 0.5) is 0 Å². The molecule has 134 valence electrons. The van der Waals surface area contributed by atoms with Gasteiger partial charge in [0.15, 0.2) is 0 Å². The van der Waals surface area contributed by atoms with Crippen molar-refractivity contribution in [2.45, 2.75) is 76.0 Å². The number of aliphatic hydroxyl groups is 1. The summed E-state index contributed by atoms with van der Waals surface area (Å²) in [6.45, 7) is 0. The first kappa shape index (κ1) is 16.3. The van der Waals surface area contributed by atoms with Gasteiger partial charge in [-0.1, -0.05) is 25.7 Å². The number of fused-ring (bicyclic) bond motifs is 2. The highest BCUT2D eigenvalue weighted by molar-refractivity contribution is 5.81. The zero-order valence-corrected chi connectivity index (χ0v) is 14.2. The Labute approximate surface area is 143 Å². The molecule has 3 saturated carbocycles. The maximum absolute atomic E-state index is 12.7. The molecule has 0 aromatic rings. The molecule has 1 aliphatic heterocycles. The zero-order valence-electron chi connectivity index (χ0n) is 14.2. The Morgan fingerprint density at radius 2 is 1.79 bits per heavy atom. The van der Waals surface area contributed by atoms with Crippen LogP contribution in [-0.4, -0.2) is 35.1 Å². The van der Waals surface area contributed by atoms with Crippen LogP contribution in [-0.2, 0) is 9.59 Å². The SMILES string of the molecule is O=C(NC1CCC2C(=O)NNC2C1)C1CC2CCCCC2CC1O. The molecule has 1 heterocycles. The summed E-state index contributed by atoms with van der Waals surface area (Å²) < 4.78 is 0. The average molecular weight is 335 g/mol. The second-order valence-electron chi connectivity index (χ2n) is 8.32. The largest absolute Gasteiger partial charge is 0.392 e. The highest BCUT2D eigenvalue weighted by Gasteiger charge is 2.43. The summed E-state index contributed by atoms with van der Waals surface area (Å²) >= 11 is 0. The van der Waals surface area contributed by atoms with Crippen LogP contribution < -0.4 is 16.2 Å². The molecule has 1 saturated heterocycles. The summed E-state index contributed by atoms with van der Waals surface area (Å²) in [6.07, 6.45) is 8.55. The third kappa shape index (κ3) is 3.06. The van der Waals surface area contributed by atoms with Crippen LogP contribution in [0, 0.1) is 23.7 Å². The van der Waals surface area contributed by atoms with E-state index in [1.54, 1.807) is 0 Å². The molecular formula is C18H29N3O3. The number of aliphatic hydroxyl groups excluding tert-OH is 1. The van der Waals surface area contributed by atoms with E-state index < -0.39 is 6.10 Å². The van der Waals surface area contributed by atoms with Crippen LogP contribution in [0.2, 0.25) is 0 Å². The summed E-state index contributed by atoms with van der Waals surface area (Å²) in [5.41, 5.74) is 5.73. The predicted octanol–water partition coefficient (Wildman–Crippen LogP) is 0.852. The maximum atomic E-state index is 12.7. The van der Waals surface area contributed by atoms with Gasteiger partial charge < -0.3 is 10.4 Å². The fourth-order valence-corrected chi connectivity index (χ4v) is 5.48. The van der Waals surface area contributed by atoms with E-state index in [4.69, 9.17) is 0 Å². The van der Waals surface area contributed by atoms with E-state index in [1.807, 2.05) is 0 Å². The molecule has 0 bridgehead atoms. The predicted molar refractivity (Wildman–Crippen MR) is 88.5 cm³/mol. The van der Waals surface area contributed by atoms with Gasteiger partial charge in [-0.2, -0.15) is 0 Å². The molecule has 2 amide bonds. The number of hydrazine groups is 1. The van der Waals surface area contributed by atoms with E-state index in [0.29, 0.717) is 11.8 Å². The number of hydrogen-bond acceptors (Lipinski definition) is 4. The van der Waals surface area contributed by atoms with Crippen molar-refractivity contribution in [3.63, 3.8) is 0 Å². The fraction of sp³-hybridized carbons (Fsp3) is 0.889. The minimum atomic E-state index is -0.492. The number of amides is 2. The van der Waals surface area contributed by atoms with Crippen LogP contribution in [0.15, 0.2) is 0 Å². The van der Waals surface area contributed by atoms with Gasteiger partial charge in [-0.15, -0.1) is 0 Å². The molecule has 24 heavy (non-hydrogen) atoms. The number of carbonyl (C=O) groups is 2. The lowest BCUT2D eigenvalue weighted by Crippen LogP contribution is -2.50. The quantitative estimate of drug-likeness (QED) is 0.602. The van der Waals surface area contributed by atoms with Crippen molar-refractivity contribution in [3.8, 4) is 0 Å². The van der Waals surface area contributed by atoms with Crippen molar-refractivity contribution < 1.29 is 14.7 Å². The summed E-state index contributed by atoms with van der Waals surface area (Å²) in [5, 5.41) is 13.6. The number of carbonyl (C=O) groups excluding carboxylic acids is 2. The molecule has 4 aliphatic rings. The van der Waals surface area contributed by atoms with Gasteiger partial charge in [-0.3, -0.25) is 15.0 Å². The van der Waals surface area contributed by atoms with Crippen molar-refractivity contribution in [1.29, 1.82) is 0 Å². The van der Waals surface area contributed by atoms with E-state index in [0.717, 1.165) is 32.1 Å². The smallest absolute Gasteiger partial charge is 0.238 e. The number of hydrogen-bond donors (Lipinski definition) is 4. The molecular weight excluding hydrogens is 306 g/mol. The van der Waals surface area contributed by atoms with Gasteiger partial charge >= 0.3 is 0 Å². The lowest BCUT2D eigenvalue weighted by Gasteiger charge is -2.42. The number of rotatable bonds is 2.